The molecule has 0 spiro atoms. The number of nitrogens with zero attached hydrogens (tertiary/aromatic N) is 1. The summed E-state index contributed by atoms with van der Waals surface area (Å²) in [5.41, 5.74) is 2.86. The van der Waals surface area contributed by atoms with Crippen LogP contribution in [0.5, 0.6) is 0 Å². The zero-order valence-corrected chi connectivity index (χ0v) is 9.51. The van der Waals surface area contributed by atoms with E-state index in [0.717, 1.165) is 18.0 Å². The number of rotatable bonds is 1. The summed E-state index contributed by atoms with van der Waals surface area (Å²) in [6.07, 6.45) is 1.16. The minimum absolute atomic E-state index is 0.627. The van der Waals surface area contributed by atoms with Gasteiger partial charge in [-0.2, -0.15) is 0 Å². The fraction of sp³-hybridized carbons (Fsp3) is 0.500. The average molecular weight is 210 g/mol. The second kappa shape index (κ2) is 3.92. The first-order chi connectivity index (χ1) is 6.66. The van der Waals surface area contributed by atoms with E-state index in [-0.39, 0.29) is 0 Å². The molecule has 0 bridgehead atoms. The Labute approximate surface area is 90.7 Å². The molecular formula is C12H16ClN. The first-order valence-electron chi connectivity index (χ1n) is 5.18. The largest absolute Gasteiger partial charge is 0.296 e. The molecule has 1 nitrogen and oxygen atoms in total. The van der Waals surface area contributed by atoms with Crippen molar-refractivity contribution < 1.29 is 0 Å². The zero-order chi connectivity index (χ0) is 10.1. The predicted molar refractivity (Wildman–Crippen MR) is 60.7 cm³/mol. The van der Waals surface area contributed by atoms with Crippen molar-refractivity contribution in [1.82, 2.24) is 4.90 Å². The number of hydrogen-bond donors (Lipinski definition) is 0. The molecule has 0 saturated heterocycles. The molecule has 1 aromatic rings. The fourth-order valence-corrected chi connectivity index (χ4v) is 2.18. The minimum Gasteiger partial charge on any atom is -0.296 e. The number of fused-ring (bicyclic) bond motifs is 1. The summed E-state index contributed by atoms with van der Waals surface area (Å²) in [6.45, 7) is 6.71. The third-order valence-electron chi connectivity index (χ3n) is 2.94. The van der Waals surface area contributed by atoms with Gasteiger partial charge < -0.3 is 0 Å². The molecule has 1 heterocycles. The molecule has 76 valence electrons. The Morgan fingerprint density at radius 2 is 2.07 bits per heavy atom. The Kier molecular flexibility index (Phi) is 2.80. The molecule has 0 fully saturated rings. The van der Waals surface area contributed by atoms with Crippen molar-refractivity contribution in [3.63, 3.8) is 0 Å². The number of hydrogen-bond acceptors (Lipinski definition) is 1. The first-order valence-corrected chi connectivity index (χ1v) is 5.56. The highest BCUT2D eigenvalue weighted by Crippen LogP contribution is 2.23. The predicted octanol–water partition coefficient (Wildman–Crippen LogP) is 3.11. The summed E-state index contributed by atoms with van der Waals surface area (Å²) in [5.74, 6) is 0. The van der Waals surface area contributed by atoms with Crippen LogP contribution < -0.4 is 0 Å². The highest BCUT2D eigenvalue weighted by atomic mass is 35.5. The highest BCUT2D eigenvalue weighted by molar-refractivity contribution is 6.30. The molecule has 2 heteroatoms. The van der Waals surface area contributed by atoms with Crippen LogP contribution in [0.2, 0.25) is 5.02 Å². The van der Waals surface area contributed by atoms with Crippen LogP contribution >= 0.6 is 11.6 Å². The first kappa shape index (κ1) is 10.0. The van der Waals surface area contributed by atoms with Gasteiger partial charge in [0.05, 0.1) is 0 Å². The summed E-state index contributed by atoms with van der Waals surface area (Å²) >= 11 is 5.99. The fourth-order valence-electron chi connectivity index (χ4n) is 1.99. The molecule has 0 unspecified atom stereocenters. The van der Waals surface area contributed by atoms with Crippen molar-refractivity contribution in [2.45, 2.75) is 32.9 Å². The van der Waals surface area contributed by atoms with Gasteiger partial charge in [0.15, 0.2) is 0 Å². The lowest BCUT2D eigenvalue weighted by molar-refractivity contribution is 0.203. The summed E-state index contributed by atoms with van der Waals surface area (Å²) in [4.78, 5) is 2.48. The number of halogens is 1. The monoisotopic (exact) mass is 209 g/mol. The van der Waals surface area contributed by atoms with Gasteiger partial charge in [-0.05, 0) is 43.5 Å². The van der Waals surface area contributed by atoms with Crippen molar-refractivity contribution in [2.75, 3.05) is 6.54 Å². The van der Waals surface area contributed by atoms with Crippen molar-refractivity contribution >= 4 is 11.6 Å². The van der Waals surface area contributed by atoms with Gasteiger partial charge in [0, 0.05) is 24.2 Å². The lowest BCUT2D eigenvalue weighted by Gasteiger charge is -2.31. The Morgan fingerprint density at radius 1 is 1.29 bits per heavy atom. The van der Waals surface area contributed by atoms with Gasteiger partial charge in [0.2, 0.25) is 0 Å². The molecule has 1 aliphatic rings. The molecule has 0 aromatic heterocycles. The van der Waals surface area contributed by atoms with Crippen LogP contribution in [0, 0.1) is 0 Å². The van der Waals surface area contributed by atoms with Crippen LogP contribution in [0.1, 0.15) is 25.0 Å². The summed E-state index contributed by atoms with van der Waals surface area (Å²) < 4.78 is 0. The summed E-state index contributed by atoms with van der Waals surface area (Å²) in [5, 5.41) is 0.856. The lowest BCUT2D eigenvalue weighted by atomic mass is 9.99. The van der Waals surface area contributed by atoms with Crippen molar-refractivity contribution in [3.05, 3.63) is 34.3 Å². The molecule has 0 N–H and O–H groups in total. The van der Waals surface area contributed by atoms with Crippen LogP contribution in [0.25, 0.3) is 0 Å². The average Bonchev–Trinajstić information content (AvgIpc) is 2.16. The van der Waals surface area contributed by atoms with E-state index < -0.39 is 0 Å². The van der Waals surface area contributed by atoms with E-state index in [4.69, 9.17) is 11.6 Å². The molecule has 14 heavy (non-hydrogen) atoms. The van der Waals surface area contributed by atoms with Crippen molar-refractivity contribution in [1.29, 1.82) is 0 Å². The van der Waals surface area contributed by atoms with E-state index in [0.29, 0.717) is 6.04 Å². The molecule has 0 atom stereocenters. The van der Waals surface area contributed by atoms with Crippen molar-refractivity contribution in [3.8, 4) is 0 Å². The smallest absolute Gasteiger partial charge is 0.0409 e. The molecular weight excluding hydrogens is 194 g/mol. The molecule has 1 aromatic carbocycles. The van der Waals surface area contributed by atoms with Crippen molar-refractivity contribution in [2.24, 2.45) is 0 Å². The maximum Gasteiger partial charge on any atom is 0.0409 e. The standard InChI is InChI=1S/C12H16ClN/c1-9(2)14-6-5-10-3-4-12(13)7-11(10)8-14/h3-4,7,9H,5-6,8H2,1-2H3. The third-order valence-corrected chi connectivity index (χ3v) is 3.18. The van der Waals surface area contributed by atoms with Crippen LogP contribution in [-0.2, 0) is 13.0 Å². The Balaban J connectivity index is 2.24. The quantitative estimate of drug-likeness (QED) is 0.687. The maximum atomic E-state index is 5.99. The van der Waals surface area contributed by atoms with Crippen LogP contribution in [0.4, 0.5) is 0 Å². The van der Waals surface area contributed by atoms with E-state index in [1.54, 1.807) is 0 Å². The Hall–Kier alpha value is -0.530. The molecule has 0 radical (unpaired) electrons. The SMILES string of the molecule is CC(C)N1CCc2ccc(Cl)cc2C1. The molecule has 0 amide bonds. The van der Waals surface area contributed by atoms with E-state index in [1.165, 1.54) is 17.7 Å². The van der Waals surface area contributed by atoms with E-state index in [9.17, 15) is 0 Å². The lowest BCUT2D eigenvalue weighted by Crippen LogP contribution is -2.35. The second-order valence-electron chi connectivity index (χ2n) is 4.23. The summed E-state index contributed by atoms with van der Waals surface area (Å²) in [7, 11) is 0. The van der Waals surface area contributed by atoms with Gasteiger partial charge in [0.25, 0.3) is 0 Å². The van der Waals surface area contributed by atoms with Gasteiger partial charge in [0.1, 0.15) is 0 Å². The minimum atomic E-state index is 0.627. The van der Waals surface area contributed by atoms with Gasteiger partial charge in [-0.15, -0.1) is 0 Å². The molecule has 0 aliphatic carbocycles. The van der Waals surface area contributed by atoms with E-state index >= 15 is 0 Å². The van der Waals surface area contributed by atoms with Gasteiger partial charge >= 0.3 is 0 Å². The molecule has 1 aliphatic heterocycles. The zero-order valence-electron chi connectivity index (χ0n) is 8.76. The van der Waals surface area contributed by atoms with Crippen LogP contribution in [-0.4, -0.2) is 17.5 Å². The topological polar surface area (TPSA) is 3.24 Å². The van der Waals surface area contributed by atoms with Gasteiger partial charge in [-0.3, -0.25) is 4.90 Å². The number of benzene rings is 1. The normalized spacial score (nSPS) is 17.1. The van der Waals surface area contributed by atoms with E-state index in [1.807, 2.05) is 6.07 Å². The van der Waals surface area contributed by atoms with Crippen LogP contribution in [0.15, 0.2) is 18.2 Å². The van der Waals surface area contributed by atoms with E-state index in [2.05, 4.69) is 30.9 Å². The van der Waals surface area contributed by atoms with Crippen LogP contribution in [0.3, 0.4) is 0 Å². The third kappa shape index (κ3) is 1.94. The summed E-state index contributed by atoms with van der Waals surface area (Å²) in [6, 6.07) is 6.88. The molecule has 2 rings (SSSR count). The van der Waals surface area contributed by atoms with Gasteiger partial charge in [-0.1, -0.05) is 17.7 Å². The highest BCUT2D eigenvalue weighted by Gasteiger charge is 2.17. The Morgan fingerprint density at radius 3 is 2.79 bits per heavy atom. The Bertz CT molecular complexity index is 333. The maximum absolute atomic E-state index is 5.99. The molecule has 0 saturated carbocycles. The van der Waals surface area contributed by atoms with Gasteiger partial charge in [-0.25, -0.2) is 0 Å². The second-order valence-corrected chi connectivity index (χ2v) is 4.66.